The first kappa shape index (κ1) is 19.3. The van der Waals surface area contributed by atoms with Gasteiger partial charge in [-0.3, -0.25) is 9.59 Å². The highest BCUT2D eigenvalue weighted by molar-refractivity contribution is 5.93. The molecule has 2 amide bonds. The predicted molar refractivity (Wildman–Crippen MR) is 101 cm³/mol. The molecule has 2 rings (SSSR count). The Bertz CT molecular complexity index is 719. The van der Waals surface area contributed by atoms with Crippen molar-refractivity contribution in [3.8, 4) is 11.5 Å². The van der Waals surface area contributed by atoms with E-state index >= 15 is 0 Å². The molecule has 0 saturated carbocycles. The lowest BCUT2D eigenvalue weighted by atomic mass is 10.2. The van der Waals surface area contributed by atoms with Gasteiger partial charge in [0.2, 0.25) is 5.91 Å². The fourth-order valence-electron chi connectivity index (χ4n) is 2.43. The van der Waals surface area contributed by atoms with E-state index in [4.69, 9.17) is 9.47 Å². The summed E-state index contributed by atoms with van der Waals surface area (Å²) in [4.78, 5) is 25.5. The number of rotatable bonds is 9. The Balaban J connectivity index is 1.87. The molecule has 0 atom stereocenters. The molecule has 0 aromatic heterocycles. The van der Waals surface area contributed by atoms with E-state index in [1.54, 1.807) is 17.0 Å². The maximum absolute atomic E-state index is 12.0. The van der Waals surface area contributed by atoms with Crippen LogP contribution < -0.4 is 19.7 Å². The number of benzene rings is 2. The molecule has 26 heavy (non-hydrogen) atoms. The number of anilines is 1. The van der Waals surface area contributed by atoms with Crippen LogP contribution in [0, 0.1) is 0 Å². The summed E-state index contributed by atoms with van der Waals surface area (Å²) in [6.07, 6.45) is 0. The maximum atomic E-state index is 12.0. The summed E-state index contributed by atoms with van der Waals surface area (Å²) in [5.41, 5.74) is 0.691. The summed E-state index contributed by atoms with van der Waals surface area (Å²) in [6, 6.07) is 16.5. The highest BCUT2D eigenvalue weighted by Gasteiger charge is 2.16. The van der Waals surface area contributed by atoms with Crippen LogP contribution >= 0.6 is 0 Å². The van der Waals surface area contributed by atoms with E-state index in [1.165, 1.54) is 6.92 Å². The summed E-state index contributed by atoms with van der Waals surface area (Å²) in [5, 5.41) is 2.76. The fourth-order valence-corrected chi connectivity index (χ4v) is 2.43. The summed E-state index contributed by atoms with van der Waals surface area (Å²) in [6.45, 7) is 4.48. The third-order valence-corrected chi connectivity index (χ3v) is 3.61. The first-order chi connectivity index (χ1) is 12.6. The second-order valence-electron chi connectivity index (χ2n) is 5.52. The van der Waals surface area contributed by atoms with Crippen LogP contribution in [0.1, 0.15) is 13.8 Å². The van der Waals surface area contributed by atoms with Crippen molar-refractivity contribution in [3.05, 3.63) is 54.6 Å². The summed E-state index contributed by atoms with van der Waals surface area (Å²) >= 11 is 0. The fraction of sp³-hybridized carbons (Fsp3) is 0.300. The zero-order valence-electron chi connectivity index (χ0n) is 15.1. The van der Waals surface area contributed by atoms with E-state index < -0.39 is 0 Å². The normalized spacial score (nSPS) is 10.1. The third kappa shape index (κ3) is 5.81. The Morgan fingerprint density at radius 3 is 2.38 bits per heavy atom. The topological polar surface area (TPSA) is 67.9 Å². The molecule has 0 aliphatic carbocycles. The molecule has 0 saturated heterocycles. The molecule has 2 aromatic carbocycles. The van der Waals surface area contributed by atoms with Crippen LogP contribution in [-0.2, 0) is 9.59 Å². The van der Waals surface area contributed by atoms with Crippen molar-refractivity contribution in [1.82, 2.24) is 5.32 Å². The number of nitrogens with zero attached hydrogens (tertiary/aromatic N) is 1. The SMILES string of the molecule is CCOc1ccccc1N(CCNC(=O)COc1ccccc1)C(C)=O. The lowest BCUT2D eigenvalue weighted by Crippen LogP contribution is -2.39. The van der Waals surface area contributed by atoms with Gasteiger partial charge < -0.3 is 19.7 Å². The van der Waals surface area contributed by atoms with Crippen LogP contribution in [0.3, 0.4) is 0 Å². The van der Waals surface area contributed by atoms with Crippen molar-refractivity contribution in [2.24, 2.45) is 0 Å². The van der Waals surface area contributed by atoms with Crippen molar-refractivity contribution < 1.29 is 19.1 Å². The first-order valence-corrected chi connectivity index (χ1v) is 8.56. The molecular weight excluding hydrogens is 332 g/mol. The van der Waals surface area contributed by atoms with E-state index in [0.29, 0.717) is 36.9 Å². The standard InChI is InChI=1S/C20H24N2O4/c1-3-25-19-12-8-7-11-18(19)22(16(2)23)14-13-21-20(24)15-26-17-9-5-4-6-10-17/h4-12H,3,13-15H2,1-2H3,(H,21,24). The number of nitrogens with one attached hydrogen (secondary N) is 1. The summed E-state index contributed by atoms with van der Waals surface area (Å²) < 4.78 is 11.0. The minimum atomic E-state index is -0.240. The van der Waals surface area contributed by atoms with Crippen LogP contribution in [-0.4, -0.2) is 38.1 Å². The average molecular weight is 356 g/mol. The third-order valence-electron chi connectivity index (χ3n) is 3.61. The molecule has 2 aromatic rings. The number of carbonyl (C=O) groups excluding carboxylic acids is 2. The zero-order valence-corrected chi connectivity index (χ0v) is 15.1. The molecule has 6 nitrogen and oxygen atoms in total. The van der Waals surface area contributed by atoms with Crippen LogP contribution in [0.15, 0.2) is 54.6 Å². The smallest absolute Gasteiger partial charge is 0.258 e. The molecule has 0 spiro atoms. The molecule has 0 heterocycles. The van der Waals surface area contributed by atoms with Crippen LogP contribution in [0.4, 0.5) is 5.69 Å². The molecule has 0 aliphatic heterocycles. The quantitative estimate of drug-likeness (QED) is 0.750. The Kier molecular flexibility index (Phi) is 7.49. The van der Waals surface area contributed by atoms with Crippen LogP contribution in [0.5, 0.6) is 11.5 Å². The summed E-state index contributed by atoms with van der Waals surface area (Å²) in [5.74, 6) is 0.921. The lowest BCUT2D eigenvalue weighted by Gasteiger charge is -2.23. The monoisotopic (exact) mass is 356 g/mol. The molecule has 0 fully saturated rings. The number of hydrogen-bond acceptors (Lipinski definition) is 4. The van der Waals surface area contributed by atoms with Crippen LogP contribution in [0.25, 0.3) is 0 Å². The van der Waals surface area contributed by atoms with E-state index in [2.05, 4.69) is 5.32 Å². The van der Waals surface area contributed by atoms with Crippen molar-refractivity contribution in [1.29, 1.82) is 0 Å². The Morgan fingerprint density at radius 2 is 1.69 bits per heavy atom. The Morgan fingerprint density at radius 1 is 1.00 bits per heavy atom. The second kappa shape index (κ2) is 10.1. The molecule has 1 N–H and O–H groups in total. The van der Waals surface area contributed by atoms with Gasteiger partial charge in [0.1, 0.15) is 11.5 Å². The molecule has 0 radical (unpaired) electrons. The molecule has 0 unspecified atom stereocenters. The first-order valence-electron chi connectivity index (χ1n) is 8.56. The van der Waals surface area contributed by atoms with Gasteiger partial charge in [0.05, 0.1) is 12.3 Å². The number of amides is 2. The van der Waals surface area contributed by atoms with Gasteiger partial charge in [-0.05, 0) is 31.2 Å². The second-order valence-corrected chi connectivity index (χ2v) is 5.52. The van der Waals surface area contributed by atoms with Gasteiger partial charge in [0.25, 0.3) is 5.91 Å². The van der Waals surface area contributed by atoms with E-state index in [1.807, 2.05) is 49.4 Å². The Labute approximate surface area is 153 Å². The minimum absolute atomic E-state index is 0.0698. The number of carbonyl (C=O) groups is 2. The zero-order chi connectivity index (χ0) is 18.8. The largest absolute Gasteiger partial charge is 0.492 e. The van der Waals surface area contributed by atoms with Gasteiger partial charge in [0.15, 0.2) is 6.61 Å². The summed E-state index contributed by atoms with van der Waals surface area (Å²) in [7, 11) is 0. The molecule has 138 valence electrons. The number of para-hydroxylation sites is 3. The van der Waals surface area contributed by atoms with Gasteiger partial charge in [-0.1, -0.05) is 30.3 Å². The Hall–Kier alpha value is -3.02. The van der Waals surface area contributed by atoms with Gasteiger partial charge in [0, 0.05) is 20.0 Å². The van der Waals surface area contributed by atoms with E-state index in [-0.39, 0.29) is 18.4 Å². The molecule has 6 heteroatoms. The molecule has 0 aliphatic rings. The van der Waals surface area contributed by atoms with Gasteiger partial charge in [-0.25, -0.2) is 0 Å². The average Bonchev–Trinajstić information content (AvgIpc) is 2.65. The van der Waals surface area contributed by atoms with E-state index in [9.17, 15) is 9.59 Å². The van der Waals surface area contributed by atoms with Gasteiger partial charge >= 0.3 is 0 Å². The van der Waals surface area contributed by atoms with Crippen molar-refractivity contribution >= 4 is 17.5 Å². The van der Waals surface area contributed by atoms with Gasteiger partial charge in [-0.15, -0.1) is 0 Å². The van der Waals surface area contributed by atoms with Crippen LogP contribution in [0.2, 0.25) is 0 Å². The van der Waals surface area contributed by atoms with Gasteiger partial charge in [-0.2, -0.15) is 0 Å². The highest BCUT2D eigenvalue weighted by Crippen LogP contribution is 2.27. The molecule has 0 bridgehead atoms. The maximum Gasteiger partial charge on any atom is 0.258 e. The lowest BCUT2D eigenvalue weighted by molar-refractivity contribution is -0.123. The number of hydrogen-bond donors (Lipinski definition) is 1. The van der Waals surface area contributed by atoms with Crippen molar-refractivity contribution in [2.75, 3.05) is 31.2 Å². The van der Waals surface area contributed by atoms with E-state index in [0.717, 1.165) is 0 Å². The predicted octanol–water partition coefficient (Wildman–Crippen LogP) is 2.63. The highest BCUT2D eigenvalue weighted by atomic mass is 16.5. The minimum Gasteiger partial charge on any atom is -0.492 e. The number of ether oxygens (including phenoxy) is 2. The van der Waals surface area contributed by atoms with Crippen molar-refractivity contribution in [3.63, 3.8) is 0 Å². The molecular formula is C20H24N2O4. The van der Waals surface area contributed by atoms with Crippen molar-refractivity contribution in [2.45, 2.75) is 13.8 Å².